The zero-order chi connectivity index (χ0) is 11.5. The lowest BCUT2D eigenvalue weighted by Crippen LogP contribution is -2.26. The fourth-order valence-corrected chi connectivity index (χ4v) is 3.29. The van der Waals surface area contributed by atoms with E-state index in [4.69, 9.17) is 0 Å². The maximum atomic E-state index is 4.59. The Morgan fingerprint density at radius 3 is 2.71 bits per heavy atom. The van der Waals surface area contributed by atoms with Crippen molar-refractivity contribution >= 4 is 0 Å². The zero-order valence-corrected chi connectivity index (χ0v) is 10.6. The summed E-state index contributed by atoms with van der Waals surface area (Å²) in [5.41, 5.74) is 2.80. The van der Waals surface area contributed by atoms with Crippen LogP contribution in [0.3, 0.4) is 0 Å². The van der Waals surface area contributed by atoms with E-state index in [1.807, 2.05) is 0 Å². The molecule has 1 fully saturated rings. The first kappa shape index (κ1) is 11.3. The first-order chi connectivity index (χ1) is 8.45. The van der Waals surface area contributed by atoms with Crippen LogP contribution in [0.15, 0.2) is 6.33 Å². The van der Waals surface area contributed by atoms with Gasteiger partial charge in [-0.15, -0.1) is 0 Å². The number of nitrogens with one attached hydrogen (secondary N) is 1. The van der Waals surface area contributed by atoms with Gasteiger partial charge < -0.3 is 9.88 Å². The molecule has 1 aromatic rings. The van der Waals surface area contributed by atoms with Crippen LogP contribution in [0.25, 0.3) is 0 Å². The van der Waals surface area contributed by atoms with Crippen molar-refractivity contribution in [3.8, 4) is 0 Å². The summed E-state index contributed by atoms with van der Waals surface area (Å²) in [4.78, 5) is 4.59. The molecule has 1 aliphatic heterocycles. The highest BCUT2D eigenvalue weighted by atomic mass is 15.1. The summed E-state index contributed by atoms with van der Waals surface area (Å²) in [7, 11) is 0. The van der Waals surface area contributed by atoms with E-state index in [0.717, 1.165) is 25.6 Å². The van der Waals surface area contributed by atoms with Crippen molar-refractivity contribution in [2.24, 2.45) is 0 Å². The van der Waals surface area contributed by atoms with Gasteiger partial charge in [-0.25, -0.2) is 4.98 Å². The normalized spacial score (nSPS) is 22.8. The Labute approximate surface area is 104 Å². The Balaban J connectivity index is 1.79. The SMILES string of the molecule is c1nc2c(n1C1CCCCCCC1)CCNC2. The number of fused-ring (bicyclic) bond motifs is 1. The number of rotatable bonds is 1. The Kier molecular flexibility index (Phi) is 3.46. The molecule has 3 rings (SSSR count). The molecule has 1 aromatic heterocycles. The zero-order valence-electron chi connectivity index (χ0n) is 10.6. The van der Waals surface area contributed by atoms with Crippen molar-refractivity contribution in [3.63, 3.8) is 0 Å². The van der Waals surface area contributed by atoms with Gasteiger partial charge in [-0.1, -0.05) is 32.1 Å². The van der Waals surface area contributed by atoms with E-state index in [0.29, 0.717) is 0 Å². The molecule has 0 bridgehead atoms. The van der Waals surface area contributed by atoms with E-state index in [1.165, 1.54) is 56.3 Å². The molecule has 0 aromatic carbocycles. The van der Waals surface area contributed by atoms with Gasteiger partial charge in [0.05, 0.1) is 12.0 Å². The van der Waals surface area contributed by atoms with Gasteiger partial charge in [-0.05, 0) is 12.8 Å². The topological polar surface area (TPSA) is 29.9 Å². The number of imidazole rings is 1. The molecule has 1 N–H and O–H groups in total. The average Bonchev–Trinajstić information content (AvgIpc) is 2.73. The van der Waals surface area contributed by atoms with Crippen molar-refractivity contribution in [2.45, 2.75) is 64.0 Å². The van der Waals surface area contributed by atoms with E-state index >= 15 is 0 Å². The number of aromatic nitrogens is 2. The lowest BCUT2D eigenvalue weighted by molar-refractivity contribution is 0.362. The minimum absolute atomic E-state index is 0.727. The van der Waals surface area contributed by atoms with Crippen LogP contribution in [-0.4, -0.2) is 16.1 Å². The molecule has 0 radical (unpaired) electrons. The summed E-state index contributed by atoms with van der Waals surface area (Å²) in [5, 5.41) is 3.40. The smallest absolute Gasteiger partial charge is 0.0954 e. The Hall–Kier alpha value is -0.830. The van der Waals surface area contributed by atoms with Crippen LogP contribution in [0.5, 0.6) is 0 Å². The van der Waals surface area contributed by atoms with Crippen LogP contribution in [-0.2, 0) is 13.0 Å². The van der Waals surface area contributed by atoms with Crippen molar-refractivity contribution in [1.82, 2.24) is 14.9 Å². The van der Waals surface area contributed by atoms with Gasteiger partial charge in [-0.3, -0.25) is 0 Å². The predicted molar refractivity (Wildman–Crippen MR) is 69.0 cm³/mol. The van der Waals surface area contributed by atoms with Crippen LogP contribution in [0.1, 0.15) is 62.4 Å². The van der Waals surface area contributed by atoms with E-state index in [2.05, 4.69) is 21.2 Å². The van der Waals surface area contributed by atoms with Gasteiger partial charge in [0, 0.05) is 31.2 Å². The van der Waals surface area contributed by atoms with Crippen LogP contribution < -0.4 is 5.32 Å². The molecule has 0 atom stereocenters. The molecule has 94 valence electrons. The molecule has 0 unspecified atom stereocenters. The van der Waals surface area contributed by atoms with Crippen LogP contribution in [0.4, 0.5) is 0 Å². The van der Waals surface area contributed by atoms with E-state index in [1.54, 1.807) is 0 Å². The van der Waals surface area contributed by atoms with Gasteiger partial charge in [0.25, 0.3) is 0 Å². The summed E-state index contributed by atoms with van der Waals surface area (Å²) in [5.74, 6) is 0. The molecule has 3 nitrogen and oxygen atoms in total. The van der Waals surface area contributed by atoms with Gasteiger partial charge in [0.2, 0.25) is 0 Å². The van der Waals surface area contributed by atoms with Crippen molar-refractivity contribution in [3.05, 3.63) is 17.7 Å². The highest BCUT2D eigenvalue weighted by Crippen LogP contribution is 2.29. The van der Waals surface area contributed by atoms with Crippen molar-refractivity contribution in [2.75, 3.05) is 6.54 Å². The van der Waals surface area contributed by atoms with Gasteiger partial charge in [0.15, 0.2) is 0 Å². The molecule has 0 amide bonds. The van der Waals surface area contributed by atoms with Crippen LogP contribution in [0.2, 0.25) is 0 Å². The molecular formula is C14H23N3. The number of hydrogen-bond acceptors (Lipinski definition) is 2. The molecule has 0 spiro atoms. The highest BCUT2D eigenvalue weighted by molar-refractivity contribution is 5.17. The molecule has 2 aliphatic rings. The monoisotopic (exact) mass is 233 g/mol. The molecule has 17 heavy (non-hydrogen) atoms. The highest BCUT2D eigenvalue weighted by Gasteiger charge is 2.20. The Morgan fingerprint density at radius 1 is 1.12 bits per heavy atom. The van der Waals surface area contributed by atoms with Crippen molar-refractivity contribution in [1.29, 1.82) is 0 Å². The first-order valence-corrected chi connectivity index (χ1v) is 7.20. The minimum atomic E-state index is 0.727. The second-order valence-corrected chi connectivity index (χ2v) is 5.47. The third kappa shape index (κ3) is 2.39. The van der Waals surface area contributed by atoms with Gasteiger partial charge >= 0.3 is 0 Å². The maximum absolute atomic E-state index is 4.59. The lowest BCUT2D eigenvalue weighted by Gasteiger charge is -2.24. The third-order valence-electron chi connectivity index (χ3n) is 4.28. The van der Waals surface area contributed by atoms with E-state index < -0.39 is 0 Å². The van der Waals surface area contributed by atoms with Gasteiger partial charge in [-0.2, -0.15) is 0 Å². The molecule has 1 saturated carbocycles. The average molecular weight is 233 g/mol. The lowest BCUT2D eigenvalue weighted by atomic mass is 9.96. The third-order valence-corrected chi connectivity index (χ3v) is 4.28. The first-order valence-electron chi connectivity index (χ1n) is 7.20. The Bertz CT molecular complexity index is 362. The molecule has 2 heterocycles. The summed E-state index contributed by atoms with van der Waals surface area (Å²) >= 11 is 0. The van der Waals surface area contributed by atoms with E-state index in [-0.39, 0.29) is 0 Å². The number of nitrogens with zero attached hydrogens (tertiary/aromatic N) is 2. The van der Waals surface area contributed by atoms with Gasteiger partial charge in [0.1, 0.15) is 0 Å². The fourth-order valence-electron chi connectivity index (χ4n) is 3.29. The fraction of sp³-hybridized carbons (Fsp3) is 0.786. The molecule has 3 heteroatoms. The summed E-state index contributed by atoms with van der Waals surface area (Å²) in [6.45, 7) is 2.08. The summed E-state index contributed by atoms with van der Waals surface area (Å²) in [6, 6.07) is 0.727. The second-order valence-electron chi connectivity index (χ2n) is 5.47. The second kappa shape index (κ2) is 5.21. The standard InChI is InChI=1S/C14H23N3/c1-2-4-6-12(7-5-3-1)17-11-16-13-10-15-9-8-14(13)17/h11-12,15H,1-10H2. The molecular weight excluding hydrogens is 210 g/mol. The summed E-state index contributed by atoms with van der Waals surface area (Å²) in [6.07, 6.45) is 13.1. The Morgan fingerprint density at radius 2 is 1.88 bits per heavy atom. The van der Waals surface area contributed by atoms with Crippen molar-refractivity contribution < 1.29 is 0 Å². The summed E-state index contributed by atoms with van der Waals surface area (Å²) < 4.78 is 2.50. The largest absolute Gasteiger partial charge is 0.331 e. The molecule has 0 saturated heterocycles. The van der Waals surface area contributed by atoms with Crippen LogP contribution >= 0.6 is 0 Å². The quantitative estimate of drug-likeness (QED) is 0.808. The van der Waals surface area contributed by atoms with E-state index in [9.17, 15) is 0 Å². The molecule has 1 aliphatic carbocycles. The van der Waals surface area contributed by atoms with Crippen LogP contribution in [0, 0.1) is 0 Å². The number of hydrogen-bond donors (Lipinski definition) is 1. The maximum Gasteiger partial charge on any atom is 0.0954 e. The predicted octanol–water partition coefficient (Wildman–Crippen LogP) is 2.81. The minimum Gasteiger partial charge on any atom is -0.331 e.